The SMILES string of the molecule is COc1cc(OC)c(F)c(N(CCNC(C)C)c2ccc3nnc(-c4cnn(C)c4)nc3n2)c1F. The Morgan fingerprint density at radius 2 is 1.77 bits per heavy atom. The zero-order chi connectivity index (χ0) is 25.1. The molecule has 0 saturated carbocycles. The van der Waals surface area contributed by atoms with Crippen molar-refractivity contribution < 1.29 is 18.3 Å². The molecule has 1 aromatic carbocycles. The molecule has 0 bridgehead atoms. The normalized spacial score (nSPS) is 11.3. The van der Waals surface area contributed by atoms with Crippen molar-refractivity contribution in [2.45, 2.75) is 19.9 Å². The summed E-state index contributed by atoms with van der Waals surface area (Å²) < 4.78 is 42.7. The van der Waals surface area contributed by atoms with Gasteiger partial charge in [0.05, 0.1) is 26.0 Å². The summed E-state index contributed by atoms with van der Waals surface area (Å²) in [6.45, 7) is 4.60. The minimum absolute atomic E-state index is 0.149. The van der Waals surface area contributed by atoms with Gasteiger partial charge in [-0.05, 0) is 12.1 Å². The Morgan fingerprint density at radius 1 is 1.06 bits per heavy atom. The zero-order valence-electron chi connectivity index (χ0n) is 20.1. The van der Waals surface area contributed by atoms with Crippen molar-refractivity contribution in [3.8, 4) is 22.9 Å². The molecule has 3 heterocycles. The summed E-state index contributed by atoms with van der Waals surface area (Å²) in [6, 6.07) is 4.61. The summed E-state index contributed by atoms with van der Waals surface area (Å²) in [5.74, 6) is -1.42. The molecular weight excluding hydrogens is 458 g/mol. The fourth-order valence-corrected chi connectivity index (χ4v) is 3.54. The van der Waals surface area contributed by atoms with Crippen LogP contribution in [0, 0.1) is 11.6 Å². The van der Waals surface area contributed by atoms with E-state index >= 15 is 8.78 Å². The lowest BCUT2D eigenvalue weighted by molar-refractivity contribution is 0.358. The van der Waals surface area contributed by atoms with Gasteiger partial charge in [-0.15, -0.1) is 10.2 Å². The fourth-order valence-electron chi connectivity index (χ4n) is 3.54. The Morgan fingerprint density at radius 3 is 2.37 bits per heavy atom. The number of halogens is 2. The highest BCUT2D eigenvalue weighted by atomic mass is 19.1. The lowest BCUT2D eigenvalue weighted by atomic mass is 10.2. The van der Waals surface area contributed by atoms with Gasteiger partial charge in [-0.1, -0.05) is 13.8 Å². The van der Waals surface area contributed by atoms with Crippen LogP contribution < -0.4 is 19.7 Å². The van der Waals surface area contributed by atoms with E-state index in [0.717, 1.165) is 0 Å². The lowest BCUT2D eigenvalue weighted by Gasteiger charge is -2.26. The number of anilines is 2. The number of methoxy groups -OCH3 is 2. The van der Waals surface area contributed by atoms with Gasteiger partial charge in [0.15, 0.2) is 34.6 Å². The number of ether oxygens (including phenoxy) is 2. The average Bonchev–Trinajstić information content (AvgIpc) is 3.28. The monoisotopic (exact) mass is 484 g/mol. The quantitative estimate of drug-likeness (QED) is 0.383. The largest absolute Gasteiger partial charge is 0.493 e. The van der Waals surface area contributed by atoms with Crippen LogP contribution in [0.25, 0.3) is 22.6 Å². The molecule has 0 amide bonds. The molecule has 0 aliphatic rings. The molecule has 0 fully saturated rings. The number of nitrogens with one attached hydrogen (secondary N) is 1. The number of fused-ring (bicyclic) bond motifs is 1. The summed E-state index contributed by atoms with van der Waals surface area (Å²) in [5, 5.41) is 15.7. The van der Waals surface area contributed by atoms with Gasteiger partial charge in [0, 0.05) is 38.4 Å². The maximum atomic E-state index is 15.4. The predicted molar refractivity (Wildman–Crippen MR) is 127 cm³/mol. The fraction of sp³-hybridized carbons (Fsp3) is 0.348. The van der Waals surface area contributed by atoms with E-state index in [2.05, 4.69) is 30.6 Å². The topological polar surface area (TPSA) is 103 Å². The van der Waals surface area contributed by atoms with Gasteiger partial charge in [-0.3, -0.25) is 4.68 Å². The summed E-state index contributed by atoms with van der Waals surface area (Å²) in [6.07, 6.45) is 3.37. The van der Waals surface area contributed by atoms with E-state index < -0.39 is 11.6 Å². The number of benzene rings is 1. The molecule has 1 N–H and O–H groups in total. The summed E-state index contributed by atoms with van der Waals surface area (Å²) in [7, 11) is 4.39. The predicted octanol–water partition coefficient (Wildman–Crippen LogP) is 3.25. The number of hydrogen-bond donors (Lipinski definition) is 1. The number of aryl methyl sites for hydroxylation is 1. The Labute approximate surface area is 200 Å². The summed E-state index contributed by atoms with van der Waals surface area (Å²) in [5.41, 5.74) is 1.04. The van der Waals surface area contributed by atoms with Crippen LogP contribution in [0.15, 0.2) is 30.6 Å². The standard InChI is InChI=1S/C23H26F2N8O2/c1-13(2)26-8-9-33(21-19(24)16(34-4)10-17(35-5)20(21)25)18-7-6-15-23(28-18)29-22(31-30-15)14-11-27-32(3)12-14/h6-7,10-13,26H,8-9H2,1-5H3. The lowest BCUT2D eigenvalue weighted by Crippen LogP contribution is -2.34. The highest BCUT2D eigenvalue weighted by molar-refractivity contribution is 5.76. The summed E-state index contributed by atoms with van der Waals surface area (Å²) >= 11 is 0. The van der Waals surface area contributed by atoms with Crippen molar-refractivity contribution in [2.24, 2.45) is 7.05 Å². The van der Waals surface area contributed by atoms with E-state index in [1.165, 1.54) is 25.2 Å². The smallest absolute Gasteiger partial charge is 0.191 e. The third kappa shape index (κ3) is 4.97. The highest BCUT2D eigenvalue weighted by Gasteiger charge is 2.27. The number of rotatable bonds is 9. The molecule has 12 heteroatoms. The number of hydrogen-bond acceptors (Lipinski definition) is 9. The maximum absolute atomic E-state index is 15.4. The molecule has 0 aliphatic carbocycles. The minimum Gasteiger partial charge on any atom is -0.493 e. The summed E-state index contributed by atoms with van der Waals surface area (Å²) in [4.78, 5) is 10.5. The molecular formula is C23H26F2N8O2. The maximum Gasteiger partial charge on any atom is 0.191 e. The number of pyridine rings is 1. The second kappa shape index (κ2) is 10.1. The van der Waals surface area contributed by atoms with Crippen LogP contribution in [-0.2, 0) is 7.05 Å². The molecule has 0 radical (unpaired) electrons. The molecule has 0 spiro atoms. The van der Waals surface area contributed by atoms with E-state index in [-0.39, 0.29) is 41.2 Å². The van der Waals surface area contributed by atoms with Gasteiger partial charge in [-0.25, -0.2) is 18.7 Å². The van der Waals surface area contributed by atoms with Gasteiger partial charge < -0.3 is 19.7 Å². The third-order valence-corrected chi connectivity index (χ3v) is 5.25. The first-order valence-electron chi connectivity index (χ1n) is 10.9. The van der Waals surface area contributed by atoms with Crippen molar-refractivity contribution in [3.63, 3.8) is 0 Å². The van der Waals surface area contributed by atoms with Crippen LogP contribution in [0.5, 0.6) is 11.5 Å². The number of nitrogens with zero attached hydrogens (tertiary/aromatic N) is 7. The molecule has 4 aromatic rings. The molecule has 4 rings (SSSR count). The first-order valence-corrected chi connectivity index (χ1v) is 10.9. The van der Waals surface area contributed by atoms with E-state index in [0.29, 0.717) is 23.4 Å². The third-order valence-electron chi connectivity index (χ3n) is 5.25. The molecule has 0 atom stereocenters. The number of aromatic nitrogens is 6. The highest BCUT2D eigenvalue weighted by Crippen LogP contribution is 2.39. The Bertz CT molecular complexity index is 1320. The van der Waals surface area contributed by atoms with E-state index in [4.69, 9.17) is 9.47 Å². The van der Waals surface area contributed by atoms with Crippen molar-refractivity contribution >= 4 is 22.7 Å². The van der Waals surface area contributed by atoms with E-state index in [9.17, 15) is 0 Å². The van der Waals surface area contributed by atoms with Gasteiger partial charge in [0.25, 0.3) is 0 Å². The molecule has 0 unspecified atom stereocenters. The Kier molecular flexibility index (Phi) is 7.01. The van der Waals surface area contributed by atoms with Gasteiger partial charge in [-0.2, -0.15) is 5.10 Å². The van der Waals surface area contributed by atoms with Crippen LogP contribution in [0.2, 0.25) is 0 Å². The van der Waals surface area contributed by atoms with Crippen LogP contribution >= 0.6 is 0 Å². The minimum atomic E-state index is -0.867. The van der Waals surface area contributed by atoms with E-state index in [1.54, 1.807) is 36.3 Å². The van der Waals surface area contributed by atoms with Gasteiger partial charge >= 0.3 is 0 Å². The molecule has 0 aliphatic heterocycles. The Balaban J connectivity index is 1.84. The van der Waals surface area contributed by atoms with Gasteiger partial charge in [0.1, 0.15) is 17.0 Å². The molecule has 184 valence electrons. The second-order valence-corrected chi connectivity index (χ2v) is 8.07. The van der Waals surface area contributed by atoms with Crippen molar-refractivity contribution in [1.29, 1.82) is 0 Å². The first kappa shape index (κ1) is 24.2. The van der Waals surface area contributed by atoms with Crippen LogP contribution in [0.3, 0.4) is 0 Å². The zero-order valence-corrected chi connectivity index (χ0v) is 20.1. The second-order valence-electron chi connectivity index (χ2n) is 8.07. The molecule has 0 saturated heterocycles. The van der Waals surface area contributed by atoms with Crippen LogP contribution in [0.1, 0.15) is 13.8 Å². The first-order chi connectivity index (χ1) is 16.8. The van der Waals surface area contributed by atoms with E-state index in [1.807, 2.05) is 13.8 Å². The molecule has 10 nitrogen and oxygen atoms in total. The molecule has 35 heavy (non-hydrogen) atoms. The Hall–Kier alpha value is -3.93. The average molecular weight is 485 g/mol. The van der Waals surface area contributed by atoms with Crippen molar-refractivity contribution in [3.05, 3.63) is 42.2 Å². The van der Waals surface area contributed by atoms with Gasteiger partial charge in [0.2, 0.25) is 0 Å². The molecule has 3 aromatic heterocycles. The van der Waals surface area contributed by atoms with Crippen LogP contribution in [0.4, 0.5) is 20.3 Å². The van der Waals surface area contributed by atoms with Crippen molar-refractivity contribution in [1.82, 2.24) is 35.3 Å². The van der Waals surface area contributed by atoms with Crippen LogP contribution in [-0.4, -0.2) is 63.3 Å². The van der Waals surface area contributed by atoms with Crippen molar-refractivity contribution in [2.75, 3.05) is 32.2 Å².